The fourth-order valence-corrected chi connectivity index (χ4v) is 2.66. The first-order chi connectivity index (χ1) is 8.59. The monoisotopic (exact) mass is 256 g/mol. The van der Waals surface area contributed by atoms with Gasteiger partial charge in [0.15, 0.2) is 0 Å². The van der Waals surface area contributed by atoms with E-state index in [9.17, 15) is 9.59 Å². The van der Waals surface area contributed by atoms with Crippen molar-refractivity contribution in [1.82, 2.24) is 10.2 Å². The number of rotatable bonds is 3. The second-order valence-electron chi connectivity index (χ2n) is 5.09. The van der Waals surface area contributed by atoms with E-state index >= 15 is 0 Å². The van der Waals surface area contributed by atoms with E-state index in [0.717, 1.165) is 25.7 Å². The summed E-state index contributed by atoms with van der Waals surface area (Å²) in [5.74, 6) is -1.53. The number of carbonyl (C=O) groups is 2. The van der Waals surface area contributed by atoms with Gasteiger partial charge < -0.3 is 20.1 Å². The first-order valence-electron chi connectivity index (χ1n) is 6.43. The highest BCUT2D eigenvalue weighted by Gasteiger charge is 2.38. The molecule has 2 atom stereocenters. The molecule has 2 unspecified atom stereocenters. The molecule has 2 amide bonds. The minimum atomic E-state index is -0.905. The second-order valence-corrected chi connectivity index (χ2v) is 5.09. The van der Waals surface area contributed by atoms with E-state index in [1.807, 2.05) is 0 Å². The summed E-state index contributed by atoms with van der Waals surface area (Å²) in [5.41, 5.74) is 0. The smallest absolute Gasteiger partial charge is 0.317 e. The van der Waals surface area contributed by atoms with Crippen LogP contribution < -0.4 is 5.32 Å². The minimum absolute atomic E-state index is 0.182. The number of aliphatic carboxylic acids is 1. The number of likely N-dealkylation sites (N-methyl/N-ethyl adjacent to an activating group) is 1. The third kappa shape index (κ3) is 2.75. The molecule has 6 heteroatoms. The summed E-state index contributed by atoms with van der Waals surface area (Å²) in [5, 5.41) is 12.0. The number of urea groups is 1. The lowest BCUT2D eigenvalue weighted by Crippen LogP contribution is -2.50. The number of amides is 2. The highest BCUT2D eigenvalue weighted by molar-refractivity contribution is 5.77. The second kappa shape index (κ2) is 5.56. The van der Waals surface area contributed by atoms with Gasteiger partial charge in [-0.3, -0.25) is 4.79 Å². The van der Waals surface area contributed by atoms with Crippen molar-refractivity contribution in [2.75, 3.05) is 20.3 Å². The third-order valence-electron chi connectivity index (χ3n) is 3.87. The van der Waals surface area contributed by atoms with Crippen LogP contribution in [-0.2, 0) is 9.53 Å². The molecule has 0 bridgehead atoms. The van der Waals surface area contributed by atoms with Crippen molar-refractivity contribution in [3.8, 4) is 0 Å². The summed E-state index contributed by atoms with van der Waals surface area (Å²) < 4.78 is 5.17. The van der Waals surface area contributed by atoms with E-state index in [0.29, 0.717) is 6.61 Å². The van der Waals surface area contributed by atoms with Gasteiger partial charge in [0.25, 0.3) is 0 Å². The van der Waals surface area contributed by atoms with E-state index in [-0.39, 0.29) is 24.7 Å². The van der Waals surface area contributed by atoms with Crippen molar-refractivity contribution in [1.29, 1.82) is 0 Å². The number of nitrogens with one attached hydrogen (secondary N) is 1. The molecule has 1 aliphatic heterocycles. The Labute approximate surface area is 106 Å². The molecule has 2 rings (SSSR count). The summed E-state index contributed by atoms with van der Waals surface area (Å²) >= 11 is 0. The van der Waals surface area contributed by atoms with Gasteiger partial charge in [-0.05, 0) is 12.8 Å². The molecule has 1 saturated heterocycles. The van der Waals surface area contributed by atoms with Crippen LogP contribution in [0.1, 0.15) is 25.7 Å². The van der Waals surface area contributed by atoms with Gasteiger partial charge in [0.1, 0.15) is 5.92 Å². The number of hydrogen-bond donors (Lipinski definition) is 2. The lowest BCUT2D eigenvalue weighted by molar-refractivity contribution is -0.142. The fourth-order valence-electron chi connectivity index (χ4n) is 2.66. The lowest BCUT2D eigenvalue weighted by atomic mass is 10.0. The highest BCUT2D eigenvalue weighted by atomic mass is 16.5. The molecule has 1 saturated carbocycles. The van der Waals surface area contributed by atoms with Crippen LogP contribution in [-0.4, -0.2) is 54.4 Å². The standard InChI is InChI=1S/C12H20N2O4/c1-14(10-7-18-6-9(10)11(15)16)12(17)13-8-4-2-3-5-8/h8-10H,2-7H2,1H3,(H,13,17)(H,15,16). The van der Waals surface area contributed by atoms with E-state index in [2.05, 4.69) is 5.32 Å². The highest BCUT2D eigenvalue weighted by Crippen LogP contribution is 2.21. The first-order valence-corrected chi connectivity index (χ1v) is 6.43. The Kier molecular flexibility index (Phi) is 4.06. The molecule has 0 spiro atoms. The van der Waals surface area contributed by atoms with Crippen LogP contribution in [0.25, 0.3) is 0 Å². The zero-order valence-corrected chi connectivity index (χ0v) is 10.6. The predicted molar refractivity (Wildman–Crippen MR) is 64.3 cm³/mol. The summed E-state index contributed by atoms with van der Waals surface area (Å²) in [6.45, 7) is 0.479. The summed E-state index contributed by atoms with van der Waals surface area (Å²) in [6.07, 6.45) is 4.34. The van der Waals surface area contributed by atoms with Crippen molar-refractivity contribution in [3.05, 3.63) is 0 Å². The molecule has 0 radical (unpaired) electrons. The summed E-state index contributed by atoms with van der Waals surface area (Å²) in [7, 11) is 1.64. The largest absolute Gasteiger partial charge is 0.481 e. The molecule has 0 aromatic heterocycles. The third-order valence-corrected chi connectivity index (χ3v) is 3.87. The quantitative estimate of drug-likeness (QED) is 0.778. The molecule has 6 nitrogen and oxygen atoms in total. The van der Waals surface area contributed by atoms with Gasteiger partial charge in [-0.1, -0.05) is 12.8 Å². The molecule has 2 fully saturated rings. The normalized spacial score (nSPS) is 28.3. The van der Waals surface area contributed by atoms with Crippen LogP contribution in [0.15, 0.2) is 0 Å². The van der Waals surface area contributed by atoms with Gasteiger partial charge >= 0.3 is 12.0 Å². The van der Waals surface area contributed by atoms with Crippen molar-refractivity contribution < 1.29 is 19.4 Å². The maximum atomic E-state index is 12.0. The molecule has 18 heavy (non-hydrogen) atoms. The van der Waals surface area contributed by atoms with Crippen LogP contribution in [0.2, 0.25) is 0 Å². The Hall–Kier alpha value is -1.30. The number of hydrogen-bond acceptors (Lipinski definition) is 3. The summed E-state index contributed by atoms with van der Waals surface area (Å²) in [4.78, 5) is 24.5. The van der Waals surface area contributed by atoms with E-state index in [1.54, 1.807) is 7.05 Å². The molecule has 0 aromatic carbocycles. The molecule has 0 aromatic rings. The Morgan fingerprint density at radius 1 is 1.28 bits per heavy atom. The number of carbonyl (C=O) groups excluding carboxylic acids is 1. The van der Waals surface area contributed by atoms with Crippen LogP contribution in [0, 0.1) is 5.92 Å². The van der Waals surface area contributed by atoms with E-state index < -0.39 is 11.9 Å². The van der Waals surface area contributed by atoms with Gasteiger partial charge in [-0.2, -0.15) is 0 Å². The maximum absolute atomic E-state index is 12.0. The molecular weight excluding hydrogens is 236 g/mol. The Balaban J connectivity index is 1.90. The SMILES string of the molecule is CN(C(=O)NC1CCCC1)C1COCC1C(=O)O. The average molecular weight is 256 g/mol. The van der Waals surface area contributed by atoms with Gasteiger partial charge in [-0.15, -0.1) is 0 Å². The zero-order chi connectivity index (χ0) is 13.1. The molecular formula is C12H20N2O4. The number of ether oxygens (including phenoxy) is 1. The van der Waals surface area contributed by atoms with Gasteiger partial charge in [0.05, 0.1) is 19.3 Å². The Morgan fingerprint density at radius 3 is 2.56 bits per heavy atom. The molecule has 102 valence electrons. The minimum Gasteiger partial charge on any atom is -0.481 e. The lowest BCUT2D eigenvalue weighted by Gasteiger charge is -2.28. The van der Waals surface area contributed by atoms with E-state index in [1.165, 1.54) is 4.90 Å². The first kappa shape index (κ1) is 13.1. The van der Waals surface area contributed by atoms with Crippen LogP contribution >= 0.6 is 0 Å². The summed E-state index contributed by atoms with van der Waals surface area (Å²) in [6, 6.07) is -0.321. The zero-order valence-electron chi connectivity index (χ0n) is 10.6. The topological polar surface area (TPSA) is 78.9 Å². The van der Waals surface area contributed by atoms with E-state index in [4.69, 9.17) is 9.84 Å². The maximum Gasteiger partial charge on any atom is 0.317 e. The Morgan fingerprint density at radius 2 is 1.94 bits per heavy atom. The molecule has 2 N–H and O–H groups in total. The van der Waals surface area contributed by atoms with Gasteiger partial charge in [0, 0.05) is 13.1 Å². The van der Waals surface area contributed by atoms with Crippen molar-refractivity contribution in [2.24, 2.45) is 5.92 Å². The van der Waals surface area contributed by atoms with Gasteiger partial charge in [-0.25, -0.2) is 4.79 Å². The van der Waals surface area contributed by atoms with Crippen LogP contribution in [0.4, 0.5) is 4.79 Å². The number of nitrogens with zero attached hydrogens (tertiary/aromatic N) is 1. The van der Waals surface area contributed by atoms with Crippen molar-refractivity contribution >= 4 is 12.0 Å². The molecule has 2 aliphatic rings. The van der Waals surface area contributed by atoms with Crippen molar-refractivity contribution in [3.63, 3.8) is 0 Å². The Bertz CT molecular complexity index is 328. The number of carboxylic acids is 1. The number of carboxylic acid groups (broad SMARTS) is 1. The van der Waals surface area contributed by atoms with Crippen molar-refractivity contribution in [2.45, 2.75) is 37.8 Å². The molecule has 1 aliphatic carbocycles. The molecule has 1 heterocycles. The van der Waals surface area contributed by atoms with Crippen LogP contribution in [0.5, 0.6) is 0 Å². The predicted octanol–water partition coefficient (Wildman–Crippen LogP) is 0.670. The fraction of sp³-hybridized carbons (Fsp3) is 0.833. The van der Waals surface area contributed by atoms with Crippen LogP contribution in [0.3, 0.4) is 0 Å². The van der Waals surface area contributed by atoms with Gasteiger partial charge in [0.2, 0.25) is 0 Å². The average Bonchev–Trinajstić information content (AvgIpc) is 2.97.